The summed E-state index contributed by atoms with van der Waals surface area (Å²) < 4.78 is 5.47. The van der Waals surface area contributed by atoms with Gasteiger partial charge in [0, 0.05) is 6.54 Å². The smallest absolute Gasteiger partial charge is 0.254 e. The highest BCUT2D eigenvalue weighted by molar-refractivity contribution is 5.87. The van der Waals surface area contributed by atoms with Crippen LogP contribution in [0.1, 0.15) is 104 Å². The fraction of sp³-hybridized carbons (Fsp3) is 0.950. The lowest BCUT2D eigenvalue weighted by atomic mass is 9.99. The minimum absolute atomic E-state index is 0.123. The SMILES string of the molecule is CCCCCCCCCCCCCC1(C(=O)NCCCC)CO1. The van der Waals surface area contributed by atoms with Crippen molar-refractivity contribution in [2.75, 3.05) is 13.2 Å². The van der Waals surface area contributed by atoms with Crippen molar-refractivity contribution in [3.8, 4) is 0 Å². The van der Waals surface area contributed by atoms with E-state index in [1.165, 1.54) is 64.2 Å². The lowest BCUT2D eigenvalue weighted by Crippen LogP contribution is -2.38. The molecule has 23 heavy (non-hydrogen) atoms. The molecule has 1 rings (SSSR count). The quantitative estimate of drug-likeness (QED) is 0.306. The van der Waals surface area contributed by atoms with E-state index in [2.05, 4.69) is 19.2 Å². The zero-order chi connectivity index (χ0) is 16.8. The van der Waals surface area contributed by atoms with Crippen molar-refractivity contribution in [2.45, 2.75) is 109 Å². The van der Waals surface area contributed by atoms with Crippen LogP contribution in [0.15, 0.2) is 0 Å². The Morgan fingerprint density at radius 1 is 0.826 bits per heavy atom. The van der Waals surface area contributed by atoms with Crippen molar-refractivity contribution in [2.24, 2.45) is 0 Å². The van der Waals surface area contributed by atoms with E-state index in [1.807, 2.05) is 0 Å². The van der Waals surface area contributed by atoms with Crippen LogP contribution < -0.4 is 5.32 Å². The van der Waals surface area contributed by atoms with Crippen LogP contribution in [0.3, 0.4) is 0 Å². The summed E-state index contributed by atoms with van der Waals surface area (Å²) in [5.41, 5.74) is -0.451. The van der Waals surface area contributed by atoms with Gasteiger partial charge in [0.2, 0.25) is 0 Å². The molecular formula is C20H39NO2. The topological polar surface area (TPSA) is 41.6 Å². The van der Waals surface area contributed by atoms with E-state index in [0.29, 0.717) is 6.61 Å². The number of amides is 1. The summed E-state index contributed by atoms with van der Waals surface area (Å²) in [6, 6.07) is 0. The molecule has 1 unspecified atom stereocenters. The summed E-state index contributed by atoms with van der Waals surface area (Å²) >= 11 is 0. The molecule has 3 nitrogen and oxygen atoms in total. The fourth-order valence-corrected chi connectivity index (χ4v) is 3.09. The molecule has 3 heteroatoms. The molecule has 0 saturated carbocycles. The summed E-state index contributed by atoms with van der Waals surface area (Å²) in [5, 5.41) is 3.01. The number of rotatable bonds is 16. The van der Waals surface area contributed by atoms with Gasteiger partial charge in [-0.25, -0.2) is 0 Å². The number of hydrogen-bond donors (Lipinski definition) is 1. The Bertz CT molecular complexity index is 300. The summed E-state index contributed by atoms with van der Waals surface area (Å²) in [5.74, 6) is 0.123. The number of hydrogen-bond acceptors (Lipinski definition) is 2. The Labute approximate surface area is 143 Å². The first-order valence-electron chi connectivity index (χ1n) is 10.2. The zero-order valence-corrected chi connectivity index (χ0v) is 15.6. The van der Waals surface area contributed by atoms with Crippen LogP contribution in [-0.2, 0) is 9.53 Å². The molecule has 1 amide bonds. The maximum Gasteiger partial charge on any atom is 0.254 e. The molecule has 0 aliphatic carbocycles. The molecule has 0 aromatic rings. The predicted octanol–water partition coefficient (Wildman–Crippen LogP) is 5.37. The van der Waals surface area contributed by atoms with E-state index in [0.717, 1.165) is 32.2 Å². The fourth-order valence-electron chi connectivity index (χ4n) is 3.09. The van der Waals surface area contributed by atoms with Crippen LogP contribution in [-0.4, -0.2) is 24.7 Å². The molecule has 0 bridgehead atoms. The van der Waals surface area contributed by atoms with Crippen molar-refractivity contribution < 1.29 is 9.53 Å². The average molecular weight is 326 g/mol. The number of carbonyl (C=O) groups is 1. The van der Waals surface area contributed by atoms with Gasteiger partial charge >= 0.3 is 0 Å². The number of carbonyl (C=O) groups excluding carboxylic acids is 1. The van der Waals surface area contributed by atoms with E-state index in [1.54, 1.807) is 0 Å². The molecule has 1 saturated heterocycles. The third-order valence-corrected chi connectivity index (χ3v) is 4.91. The second kappa shape index (κ2) is 12.8. The highest BCUT2D eigenvalue weighted by Gasteiger charge is 2.51. The molecule has 136 valence electrons. The van der Waals surface area contributed by atoms with Crippen molar-refractivity contribution in [3.63, 3.8) is 0 Å². The van der Waals surface area contributed by atoms with Crippen molar-refractivity contribution >= 4 is 5.91 Å². The first-order chi connectivity index (χ1) is 11.2. The van der Waals surface area contributed by atoms with Gasteiger partial charge in [0.15, 0.2) is 5.60 Å². The first kappa shape index (κ1) is 20.5. The minimum atomic E-state index is -0.451. The molecule has 0 aromatic carbocycles. The van der Waals surface area contributed by atoms with Gasteiger partial charge < -0.3 is 10.1 Å². The number of nitrogens with one attached hydrogen (secondary N) is 1. The van der Waals surface area contributed by atoms with Gasteiger partial charge in [-0.2, -0.15) is 0 Å². The van der Waals surface area contributed by atoms with E-state index < -0.39 is 5.60 Å². The Morgan fingerprint density at radius 3 is 1.78 bits per heavy atom. The number of epoxide rings is 1. The molecular weight excluding hydrogens is 286 g/mol. The van der Waals surface area contributed by atoms with Gasteiger partial charge in [0.25, 0.3) is 5.91 Å². The number of unbranched alkanes of at least 4 members (excludes halogenated alkanes) is 11. The average Bonchev–Trinajstić information content (AvgIpc) is 3.34. The third kappa shape index (κ3) is 9.34. The Morgan fingerprint density at radius 2 is 1.30 bits per heavy atom. The highest BCUT2D eigenvalue weighted by atomic mass is 16.6. The van der Waals surface area contributed by atoms with Crippen molar-refractivity contribution in [3.05, 3.63) is 0 Å². The van der Waals surface area contributed by atoms with Crippen LogP contribution in [0.25, 0.3) is 0 Å². The molecule has 1 fully saturated rings. The molecule has 0 spiro atoms. The molecule has 1 N–H and O–H groups in total. The largest absolute Gasteiger partial charge is 0.359 e. The van der Waals surface area contributed by atoms with Crippen LogP contribution >= 0.6 is 0 Å². The minimum Gasteiger partial charge on any atom is -0.359 e. The molecule has 1 atom stereocenters. The van der Waals surface area contributed by atoms with Crippen LogP contribution in [0.2, 0.25) is 0 Å². The van der Waals surface area contributed by atoms with Crippen LogP contribution in [0.5, 0.6) is 0 Å². The molecule has 1 aliphatic heterocycles. The van der Waals surface area contributed by atoms with Crippen LogP contribution in [0.4, 0.5) is 0 Å². The summed E-state index contributed by atoms with van der Waals surface area (Å²) in [6.45, 7) is 5.83. The molecule has 1 heterocycles. The van der Waals surface area contributed by atoms with E-state index in [9.17, 15) is 4.79 Å². The van der Waals surface area contributed by atoms with Gasteiger partial charge in [0.1, 0.15) is 0 Å². The Kier molecular flexibility index (Phi) is 11.4. The Hall–Kier alpha value is -0.570. The summed E-state index contributed by atoms with van der Waals surface area (Å²) in [6.07, 6.45) is 17.9. The maximum atomic E-state index is 12.1. The summed E-state index contributed by atoms with van der Waals surface area (Å²) in [4.78, 5) is 12.1. The van der Waals surface area contributed by atoms with E-state index in [-0.39, 0.29) is 5.91 Å². The third-order valence-electron chi connectivity index (χ3n) is 4.91. The van der Waals surface area contributed by atoms with Crippen LogP contribution in [0, 0.1) is 0 Å². The van der Waals surface area contributed by atoms with E-state index in [4.69, 9.17) is 4.74 Å². The lowest BCUT2D eigenvalue weighted by molar-refractivity contribution is -0.126. The first-order valence-corrected chi connectivity index (χ1v) is 10.2. The van der Waals surface area contributed by atoms with Gasteiger partial charge in [0.05, 0.1) is 6.61 Å². The predicted molar refractivity (Wildman–Crippen MR) is 97.7 cm³/mol. The molecule has 0 aromatic heterocycles. The van der Waals surface area contributed by atoms with Gasteiger partial charge in [-0.3, -0.25) is 4.79 Å². The normalized spacial score (nSPS) is 19.7. The van der Waals surface area contributed by atoms with Gasteiger partial charge in [-0.1, -0.05) is 84.5 Å². The second-order valence-electron chi connectivity index (χ2n) is 7.18. The number of ether oxygens (including phenoxy) is 1. The van der Waals surface area contributed by atoms with Crippen molar-refractivity contribution in [1.29, 1.82) is 0 Å². The van der Waals surface area contributed by atoms with E-state index >= 15 is 0 Å². The maximum absolute atomic E-state index is 12.1. The molecule has 1 aliphatic rings. The van der Waals surface area contributed by atoms with Gasteiger partial charge in [-0.15, -0.1) is 0 Å². The zero-order valence-electron chi connectivity index (χ0n) is 15.6. The summed E-state index contributed by atoms with van der Waals surface area (Å²) in [7, 11) is 0. The van der Waals surface area contributed by atoms with Gasteiger partial charge in [-0.05, 0) is 19.3 Å². The standard InChI is InChI=1S/C20H39NO2/c1-3-5-7-8-9-10-11-12-13-14-15-16-20(18-23-20)19(22)21-17-6-4-2/h3-18H2,1-2H3,(H,21,22). The highest BCUT2D eigenvalue weighted by Crippen LogP contribution is 2.33. The van der Waals surface area contributed by atoms with Crippen molar-refractivity contribution in [1.82, 2.24) is 5.32 Å². The Balaban J connectivity index is 1.89. The molecule has 0 radical (unpaired) electrons. The second-order valence-corrected chi connectivity index (χ2v) is 7.18. The monoisotopic (exact) mass is 325 g/mol. The lowest BCUT2D eigenvalue weighted by Gasteiger charge is -2.12.